The van der Waals surface area contributed by atoms with E-state index in [-0.39, 0.29) is 36.9 Å². The molecule has 0 aromatic carbocycles. The Hall–Kier alpha value is -1.54. The number of rotatable bonds is 11. The van der Waals surface area contributed by atoms with Gasteiger partial charge in [-0.05, 0) is 39.0 Å². The van der Waals surface area contributed by atoms with Crippen LogP contribution in [0, 0.1) is 17.8 Å². The number of nitrogens with zero attached hydrogens (tertiary/aromatic N) is 2. The van der Waals surface area contributed by atoms with Gasteiger partial charge in [0.05, 0.1) is 35.8 Å². The Kier molecular flexibility index (Phi) is 7.89. The number of aliphatic hydroxyl groups excluding tert-OH is 1. The van der Waals surface area contributed by atoms with Gasteiger partial charge < -0.3 is 19.6 Å². The second-order valence-corrected chi connectivity index (χ2v) is 12.0. The molecule has 1 N–H and O–H groups in total. The van der Waals surface area contributed by atoms with Crippen LogP contribution >= 0.6 is 11.8 Å². The number of ether oxygens (including phenoxy) is 1. The first-order valence-corrected chi connectivity index (χ1v) is 13.1. The van der Waals surface area contributed by atoms with Crippen molar-refractivity contribution in [3.63, 3.8) is 0 Å². The van der Waals surface area contributed by atoms with E-state index in [4.69, 9.17) is 4.74 Å². The smallest absolute Gasteiger partial charge is 0.311 e. The summed E-state index contributed by atoms with van der Waals surface area (Å²) in [5.74, 6) is -1.87. The third kappa shape index (κ3) is 4.11. The highest BCUT2D eigenvalue weighted by Gasteiger charge is 2.78. The quantitative estimate of drug-likeness (QED) is 0.361. The van der Waals surface area contributed by atoms with Gasteiger partial charge in [0, 0.05) is 17.8 Å². The van der Waals surface area contributed by atoms with Crippen LogP contribution in [-0.2, 0) is 19.1 Å². The lowest BCUT2D eigenvalue weighted by atomic mass is 9.66. The minimum atomic E-state index is -0.711. The third-order valence-corrected chi connectivity index (χ3v) is 9.73. The molecule has 2 unspecified atom stereocenters. The Morgan fingerprint density at radius 1 is 1.36 bits per heavy atom. The van der Waals surface area contributed by atoms with E-state index in [1.54, 1.807) is 34.6 Å². The van der Waals surface area contributed by atoms with Crippen LogP contribution in [0.5, 0.6) is 0 Å². The molecule has 0 aromatic heterocycles. The first-order valence-electron chi connectivity index (χ1n) is 12.3. The predicted octanol–water partition coefficient (Wildman–Crippen LogP) is 2.86. The van der Waals surface area contributed by atoms with Crippen LogP contribution in [0.3, 0.4) is 0 Å². The number of fused-ring (bicyclic) bond motifs is 1. The van der Waals surface area contributed by atoms with E-state index < -0.39 is 33.4 Å². The van der Waals surface area contributed by atoms with Crippen LogP contribution in [0.2, 0.25) is 0 Å². The molecule has 2 bridgehead atoms. The van der Waals surface area contributed by atoms with Crippen LogP contribution in [-0.4, -0.2) is 80.6 Å². The zero-order valence-corrected chi connectivity index (χ0v) is 21.5. The Morgan fingerprint density at radius 2 is 2.06 bits per heavy atom. The molecule has 0 aliphatic carbocycles. The minimum absolute atomic E-state index is 0.0354. The normalized spacial score (nSPS) is 33.4. The number of likely N-dealkylation sites (tertiary alicyclic amines) is 1. The summed E-state index contributed by atoms with van der Waals surface area (Å²) < 4.78 is 4.30. The Morgan fingerprint density at radius 3 is 2.61 bits per heavy atom. The maximum Gasteiger partial charge on any atom is 0.311 e. The number of thioether (sulfide) groups is 1. The average Bonchev–Trinajstić information content (AvgIpc) is 3.32. The average molecular weight is 481 g/mol. The maximum absolute atomic E-state index is 14.1. The van der Waals surface area contributed by atoms with Gasteiger partial charge in [0.1, 0.15) is 6.04 Å². The van der Waals surface area contributed by atoms with Gasteiger partial charge >= 0.3 is 5.97 Å². The van der Waals surface area contributed by atoms with Crippen molar-refractivity contribution in [3.05, 3.63) is 12.7 Å². The Labute approximate surface area is 202 Å². The van der Waals surface area contributed by atoms with Gasteiger partial charge in [-0.15, -0.1) is 18.3 Å². The molecule has 3 fully saturated rings. The molecule has 8 heteroatoms. The molecule has 3 heterocycles. The van der Waals surface area contributed by atoms with Gasteiger partial charge in [0.25, 0.3) is 0 Å². The van der Waals surface area contributed by atoms with Crippen LogP contribution < -0.4 is 0 Å². The Balaban J connectivity index is 2.12. The SMILES string of the molecule is C=CCN(CCCC)C(=O)C1N([C@@H](CO)C(C)C)C(=O)[C@@H]2[C@@H](C(=O)OCC)[C@@]3(C)CCC12S3. The summed E-state index contributed by atoms with van der Waals surface area (Å²) in [6.45, 7) is 14.7. The summed E-state index contributed by atoms with van der Waals surface area (Å²) in [4.78, 5) is 44.7. The molecule has 186 valence electrons. The zero-order valence-electron chi connectivity index (χ0n) is 20.7. The van der Waals surface area contributed by atoms with Crippen molar-refractivity contribution in [2.24, 2.45) is 17.8 Å². The molecule has 7 nitrogen and oxygen atoms in total. The lowest BCUT2D eigenvalue weighted by molar-refractivity contribution is -0.155. The summed E-state index contributed by atoms with van der Waals surface area (Å²) in [5.41, 5.74) is 0. The molecule has 0 radical (unpaired) electrons. The van der Waals surface area contributed by atoms with E-state index >= 15 is 0 Å². The van der Waals surface area contributed by atoms with E-state index in [1.165, 1.54) is 0 Å². The fraction of sp³-hybridized carbons (Fsp3) is 0.800. The van der Waals surface area contributed by atoms with Crippen molar-refractivity contribution < 1.29 is 24.2 Å². The van der Waals surface area contributed by atoms with Gasteiger partial charge in [-0.25, -0.2) is 0 Å². The zero-order chi connectivity index (χ0) is 24.6. The van der Waals surface area contributed by atoms with Crippen LogP contribution in [0.15, 0.2) is 12.7 Å². The first-order chi connectivity index (χ1) is 15.6. The number of amides is 2. The van der Waals surface area contributed by atoms with Crippen molar-refractivity contribution in [1.82, 2.24) is 9.80 Å². The lowest BCUT2D eigenvalue weighted by Gasteiger charge is -2.40. The number of hydrogen-bond acceptors (Lipinski definition) is 6. The van der Waals surface area contributed by atoms with Gasteiger partial charge in [-0.1, -0.05) is 33.3 Å². The molecule has 0 aromatic rings. The predicted molar refractivity (Wildman–Crippen MR) is 130 cm³/mol. The minimum Gasteiger partial charge on any atom is -0.466 e. The molecular weight excluding hydrogens is 440 g/mol. The summed E-state index contributed by atoms with van der Waals surface area (Å²) in [7, 11) is 0. The van der Waals surface area contributed by atoms with E-state index in [0.717, 1.165) is 19.3 Å². The number of unbranched alkanes of at least 4 members (excludes halogenated alkanes) is 1. The van der Waals surface area contributed by atoms with Crippen molar-refractivity contribution in [1.29, 1.82) is 0 Å². The first kappa shape index (κ1) is 26.1. The van der Waals surface area contributed by atoms with Gasteiger partial charge in [0.2, 0.25) is 11.8 Å². The summed E-state index contributed by atoms with van der Waals surface area (Å²) in [6.07, 6.45) is 4.98. The molecule has 3 saturated heterocycles. The monoisotopic (exact) mass is 480 g/mol. The Bertz CT molecular complexity index is 789. The number of esters is 1. The molecule has 1 spiro atoms. The number of carbonyl (C=O) groups is 3. The van der Waals surface area contributed by atoms with Gasteiger partial charge in [-0.3, -0.25) is 14.4 Å². The van der Waals surface area contributed by atoms with E-state index in [2.05, 4.69) is 13.5 Å². The van der Waals surface area contributed by atoms with E-state index in [1.807, 2.05) is 20.8 Å². The van der Waals surface area contributed by atoms with Crippen LogP contribution in [0.25, 0.3) is 0 Å². The second-order valence-electron chi connectivity index (χ2n) is 10.1. The second kappa shape index (κ2) is 9.98. The molecule has 0 saturated carbocycles. The summed E-state index contributed by atoms with van der Waals surface area (Å²) in [5, 5.41) is 10.3. The molecule has 33 heavy (non-hydrogen) atoms. The molecule has 3 aliphatic heterocycles. The fourth-order valence-electron chi connectivity index (χ4n) is 6.18. The van der Waals surface area contributed by atoms with Gasteiger partial charge in [0.15, 0.2) is 0 Å². The number of hydrogen-bond donors (Lipinski definition) is 1. The summed E-state index contributed by atoms with van der Waals surface area (Å²) in [6, 6.07) is -1.20. The largest absolute Gasteiger partial charge is 0.466 e. The summed E-state index contributed by atoms with van der Waals surface area (Å²) >= 11 is 1.64. The third-order valence-electron chi connectivity index (χ3n) is 7.75. The van der Waals surface area contributed by atoms with Crippen molar-refractivity contribution >= 4 is 29.5 Å². The van der Waals surface area contributed by atoms with Gasteiger partial charge in [-0.2, -0.15) is 0 Å². The highest BCUT2D eigenvalue weighted by Crippen LogP contribution is 2.71. The number of aliphatic hydroxyl groups is 1. The molecule has 6 atom stereocenters. The standard InChI is InChI=1S/C25H40N2O5S/c1-7-10-14-26(13-8-2)22(30)20-25-12-11-24(6,33-25)19(23(31)32-9-3)18(25)21(29)27(20)17(15-28)16(4)5/h8,16-20,28H,2,7,9-15H2,1,3-6H3/t17-,18-,19-,20?,24+,25?/m0/s1. The van der Waals surface area contributed by atoms with Crippen LogP contribution in [0.4, 0.5) is 0 Å². The van der Waals surface area contributed by atoms with Crippen LogP contribution in [0.1, 0.15) is 60.3 Å². The molecular formula is C25H40N2O5S. The topological polar surface area (TPSA) is 87.2 Å². The van der Waals surface area contributed by atoms with E-state index in [9.17, 15) is 19.5 Å². The highest BCUT2D eigenvalue weighted by atomic mass is 32.2. The maximum atomic E-state index is 14.1. The molecule has 2 amide bonds. The molecule has 3 rings (SSSR count). The van der Waals surface area contributed by atoms with E-state index in [0.29, 0.717) is 19.5 Å². The fourth-order valence-corrected chi connectivity index (χ4v) is 8.50. The van der Waals surface area contributed by atoms with Crippen molar-refractivity contribution in [2.75, 3.05) is 26.3 Å². The van der Waals surface area contributed by atoms with Crippen molar-refractivity contribution in [3.8, 4) is 0 Å². The molecule has 3 aliphatic rings. The lowest BCUT2D eigenvalue weighted by Crippen LogP contribution is -2.58. The number of carbonyl (C=O) groups excluding carboxylic acids is 3. The van der Waals surface area contributed by atoms with Crippen molar-refractivity contribution in [2.45, 2.75) is 81.9 Å². The highest BCUT2D eigenvalue weighted by molar-refractivity contribution is 8.02.